The summed E-state index contributed by atoms with van der Waals surface area (Å²) in [5, 5.41) is 10.4. The summed E-state index contributed by atoms with van der Waals surface area (Å²) in [5.74, 6) is 1.64. The minimum atomic E-state index is 0.246. The molecule has 1 saturated heterocycles. The zero-order valence-corrected chi connectivity index (χ0v) is 15.8. The van der Waals surface area contributed by atoms with Crippen LogP contribution in [0.1, 0.15) is 51.6 Å². The van der Waals surface area contributed by atoms with Crippen LogP contribution in [-0.2, 0) is 0 Å². The normalized spacial score (nSPS) is 16.4. The van der Waals surface area contributed by atoms with Crippen molar-refractivity contribution in [2.45, 2.75) is 52.9 Å². The van der Waals surface area contributed by atoms with Crippen LogP contribution < -0.4 is 0 Å². The molecule has 1 aromatic heterocycles. The van der Waals surface area contributed by atoms with Gasteiger partial charge in [0.05, 0.1) is 5.84 Å². The summed E-state index contributed by atoms with van der Waals surface area (Å²) < 4.78 is 0. The van der Waals surface area contributed by atoms with Crippen LogP contribution in [0, 0.1) is 6.92 Å². The molecule has 0 amide bonds. The minimum absolute atomic E-state index is 0.246. The third-order valence-corrected chi connectivity index (χ3v) is 4.41. The molecule has 4 heteroatoms. The molecule has 0 spiro atoms. The number of pyridine rings is 1. The predicted octanol–water partition coefficient (Wildman–Crippen LogP) is 4.94. The van der Waals surface area contributed by atoms with E-state index >= 15 is 0 Å². The van der Waals surface area contributed by atoms with E-state index < -0.39 is 0 Å². The van der Waals surface area contributed by atoms with Crippen LogP contribution >= 0.6 is 0 Å². The summed E-state index contributed by atoms with van der Waals surface area (Å²) in [7, 11) is 0. The van der Waals surface area contributed by atoms with Crippen molar-refractivity contribution >= 4 is 16.7 Å². The molecule has 0 radical (unpaired) electrons. The first-order chi connectivity index (χ1) is 12.2. The van der Waals surface area contributed by atoms with Crippen molar-refractivity contribution in [1.29, 1.82) is 0 Å². The Morgan fingerprint density at radius 2 is 1.76 bits per heavy atom. The van der Waals surface area contributed by atoms with E-state index in [9.17, 15) is 5.11 Å². The van der Waals surface area contributed by atoms with Gasteiger partial charge in [0.25, 0.3) is 0 Å². The molecule has 0 saturated carbocycles. The van der Waals surface area contributed by atoms with Crippen molar-refractivity contribution in [3.8, 4) is 5.75 Å². The molecule has 25 heavy (non-hydrogen) atoms. The number of amidine groups is 1. The summed E-state index contributed by atoms with van der Waals surface area (Å²) in [6.45, 7) is 9.51. The molecular formula is C21H31N3O. The SMILES string of the molecule is C1CCC2=NCCCN2CC1.CC.Cc1ccc2cccc(O)c2n1. The van der Waals surface area contributed by atoms with Gasteiger partial charge in [-0.15, -0.1) is 0 Å². The highest BCUT2D eigenvalue weighted by molar-refractivity contribution is 5.84. The average molecular weight is 341 g/mol. The topological polar surface area (TPSA) is 48.7 Å². The second kappa shape index (κ2) is 10.0. The molecule has 0 aliphatic carbocycles. The number of benzene rings is 1. The Kier molecular flexibility index (Phi) is 7.71. The molecule has 2 aromatic rings. The standard InChI is InChI=1S/C10H9NO.C9H16N2.C2H6/c1-7-5-6-8-3-2-4-9(12)10(8)11-7;1-2-5-9-10-6-4-8-11(9)7-3-1;1-2/h2-6,12H,1H3;1-8H2;1-2H3. The molecule has 1 aromatic carbocycles. The molecular weight excluding hydrogens is 310 g/mol. The molecule has 1 N–H and O–H groups in total. The maximum absolute atomic E-state index is 9.43. The first-order valence-electron chi connectivity index (χ1n) is 9.57. The maximum atomic E-state index is 9.43. The Balaban J connectivity index is 0.000000165. The highest BCUT2D eigenvalue weighted by Gasteiger charge is 2.16. The number of fused-ring (bicyclic) bond motifs is 2. The van der Waals surface area contributed by atoms with Gasteiger partial charge in [-0.2, -0.15) is 0 Å². The summed E-state index contributed by atoms with van der Waals surface area (Å²) >= 11 is 0. The van der Waals surface area contributed by atoms with Gasteiger partial charge in [0, 0.05) is 37.1 Å². The smallest absolute Gasteiger partial charge is 0.141 e. The fourth-order valence-electron chi connectivity index (χ4n) is 3.17. The zero-order chi connectivity index (χ0) is 18.1. The van der Waals surface area contributed by atoms with E-state index in [-0.39, 0.29) is 5.75 Å². The monoisotopic (exact) mass is 341 g/mol. The first-order valence-corrected chi connectivity index (χ1v) is 9.57. The minimum Gasteiger partial charge on any atom is -0.506 e. The van der Waals surface area contributed by atoms with Crippen LogP contribution in [-0.4, -0.2) is 40.5 Å². The lowest BCUT2D eigenvalue weighted by Crippen LogP contribution is -2.34. The van der Waals surface area contributed by atoms with Crippen molar-refractivity contribution in [3.05, 3.63) is 36.0 Å². The van der Waals surface area contributed by atoms with Crippen molar-refractivity contribution in [2.24, 2.45) is 4.99 Å². The van der Waals surface area contributed by atoms with E-state index in [0.717, 1.165) is 17.6 Å². The highest BCUT2D eigenvalue weighted by Crippen LogP contribution is 2.21. The fourth-order valence-corrected chi connectivity index (χ4v) is 3.17. The third kappa shape index (κ3) is 5.45. The summed E-state index contributed by atoms with van der Waals surface area (Å²) in [4.78, 5) is 11.3. The van der Waals surface area contributed by atoms with E-state index in [1.165, 1.54) is 51.0 Å². The van der Waals surface area contributed by atoms with Crippen molar-refractivity contribution in [3.63, 3.8) is 0 Å². The Hall–Kier alpha value is -2.10. The van der Waals surface area contributed by atoms with Gasteiger partial charge in [-0.05, 0) is 38.3 Å². The van der Waals surface area contributed by atoms with Crippen LogP contribution in [0.4, 0.5) is 0 Å². The van der Waals surface area contributed by atoms with Crippen LogP contribution in [0.25, 0.3) is 10.9 Å². The van der Waals surface area contributed by atoms with Crippen molar-refractivity contribution in [2.75, 3.05) is 19.6 Å². The maximum Gasteiger partial charge on any atom is 0.141 e. The molecule has 1 fully saturated rings. The quantitative estimate of drug-likeness (QED) is 0.738. The number of rotatable bonds is 0. The number of para-hydroxylation sites is 1. The number of nitrogens with zero attached hydrogens (tertiary/aromatic N) is 3. The van der Waals surface area contributed by atoms with Crippen molar-refractivity contribution < 1.29 is 5.11 Å². The first kappa shape index (κ1) is 19.2. The Morgan fingerprint density at radius 3 is 2.60 bits per heavy atom. The molecule has 4 rings (SSSR count). The van der Waals surface area contributed by atoms with Crippen molar-refractivity contribution in [1.82, 2.24) is 9.88 Å². The van der Waals surface area contributed by atoms with E-state index in [4.69, 9.17) is 0 Å². The molecule has 2 aliphatic heterocycles. The summed E-state index contributed by atoms with van der Waals surface area (Å²) in [6.07, 6.45) is 6.63. The van der Waals surface area contributed by atoms with Crippen LogP contribution in [0.15, 0.2) is 35.3 Å². The van der Waals surface area contributed by atoms with Gasteiger partial charge in [0.1, 0.15) is 11.3 Å². The number of aromatic hydroxyl groups is 1. The second-order valence-corrected chi connectivity index (χ2v) is 6.25. The zero-order valence-electron chi connectivity index (χ0n) is 15.8. The Bertz CT molecular complexity index is 697. The lowest BCUT2D eigenvalue weighted by atomic mass is 10.2. The third-order valence-electron chi connectivity index (χ3n) is 4.41. The number of hydrogen-bond acceptors (Lipinski definition) is 4. The summed E-state index contributed by atoms with van der Waals surface area (Å²) in [6, 6.07) is 9.28. The molecule has 4 nitrogen and oxygen atoms in total. The molecule has 0 unspecified atom stereocenters. The lowest BCUT2D eigenvalue weighted by molar-refractivity contribution is 0.391. The number of phenols is 1. The number of hydrogen-bond donors (Lipinski definition) is 1. The van der Waals surface area contributed by atoms with Gasteiger partial charge in [-0.3, -0.25) is 4.99 Å². The predicted molar refractivity (Wildman–Crippen MR) is 106 cm³/mol. The molecule has 3 heterocycles. The molecule has 0 atom stereocenters. The molecule has 0 bridgehead atoms. The van der Waals surface area contributed by atoms with Gasteiger partial charge in [-0.1, -0.05) is 38.5 Å². The Morgan fingerprint density at radius 1 is 0.960 bits per heavy atom. The van der Waals surface area contributed by atoms with E-state index in [2.05, 4.69) is 14.9 Å². The number of aryl methyl sites for hydroxylation is 1. The van der Waals surface area contributed by atoms with Crippen LogP contribution in [0.5, 0.6) is 5.75 Å². The highest BCUT2D eigenvalue weighted by atomic mass is 16.3. The second-order valence-electron chi connectivity index (χ2n) is 6.25. The summed E-state index contributed by atoms with van der Waals surface area (Å²) in [5.41, 5.74) is 1.60. The Labute approximate surface area is 151 Å². The van der Waals surface area contributed by atoms with Gasteiger partial charge < -0.3 is 10.0 Å². The van der Waals surface area contributed by atoms with E-state index in [0.29, 0.717) is 5.52 Å². The number of aliphatic imine (C=N–C) groups is 1. The number of phenolic OH excluding ortho intramolecular Hbond substituents is 1. The molecule has 136 valence electrons. The average Bonchev–Trinajstić information content (AvgIpc) is 2.90. The lowest BCUT2D eigenvalue weighted by Gasteiger charge is -2.27. The van der Waals surface area contributed by atoms with Crippen LogP contribution in [0.2, 0.25) is 0 Å². The van der Waals surface area contributed by atoms with Gasteiger partial charge in [0.2, 0.25) is 0 Å². The fraction of sp³-hybridized carbons (Fsp3) is 0.524. The van der Waals surface area contributed by atoms with Gasteiger partial charge in [0.15, 0.2) is 0 Å². The molecule has 2 aliphatic rings. The van der Waals surface area contributed by atoms with E-state index in [1.54, 1.807) is 6.07 Å². The number of aromatic nitrogens is 1. The van der Waals surface area contributed by atoms with Gasteiger partial charge in [-0.25, -0.2) is 4.98 Å². The van der Waals surface area contributed by atoms with Gasteiger partial charge >= 0.3 is 0 Å². The van der Waals surface area contributed by atoms with Crippen LogP contribution in [0.3, 0.4) is 0 Å². The largest absolute Gasteiger partial charge is 0.506 e. The van der Waals surface area contributed by atoms with E-state index in [1.807, 2.05) is 45.0 Å².